The van der Waals surface area contributed by atoms with Crippen LogP contribution < -0.4 is 0 Å². The van der Waals surface area contributed by atoms with Crippen LogP contribution >= 0.6 is 0 Å². The summed E-state index contributed by atoms with van der Waals surface area (Å²) in [7, 11) is 0. The Bertz CT molecular complexity index is 585. The molecule has 0 N–H and O–H groups in total. The third kappa shape index (κ3) is 1.98. The lowest BCUT2D eigenvalue weighted by Gasteiger charge is -2.03. The average molecular weight is 236 g/mol. The molecular formula is C13H10F2O2. The Morgan fingerprint density at radius 3 is 2.41 bits per heavy atom. The molecule has 0 atom stereocenters. The number of halogens is 2. The lowest BCUT2D eigenvalue weighted by molar-refractivity contribution is 0.100. The van der Waals surface area contributed by atoms with Crippen LogP contribution in [0.25, 0.3) is 0 Å². The highest BCUT2D eigenvalue weighted by Crippen LogP contribution is 2.20. The van der Waals surface area contributed by atoms with Gasteiger partial charge in [-0.05, 0) is 43.2 Å². The van der Waals surface area contributed by atoms with Crippen molar-refractivity contribution < 1.29 is 18.0 Å². The topological polar surface area (TPSA) is 30.2 Å². The van der Waals surface area contributed by atoms with Crippen molar-refractivity contribution in [3.8, 4) is 0 Å². The molecule has 0 spiro atoms. The molecule has 0 aliphatic rings. The minimum Gasteiger partial charge on any atom is -0.461 e. The van der Waals surface area contributed by atoms with Crippen LogP contribution in [0.2, 0.25) is 0 Å². The van der Waals surface area contributed by atoms with Crippen LogP contribution in [0.5, 0.6) is 0 Å². The summed E-state index contributed by atoms with van der Waals surface area (Å²) in [6.45, 7) is 3.10. The Morgan fingerprint density at radius 2 is 1.82 bits per heavy atom. The van der Waals surface area contributed by atoms with Crippen LogP contribution in [-0.2, 0) is 0 Å². The maximum Gasteiger partial charge on any atom is 0.231 e. The summed E-state index contributed by atoms with van der Waals surface area (Å²) in [6.07, 6.45) is 1.34. The molecule has 0 aliphatic carbocycles. The van der Waals surface area contributed by atoms with E-state index in [4.69, 9.17) is 4.42 Å². The van der Waals surface area contributed by atoms with Gasteiger partial charge in [0.1, 0.15) is 11.6 Å². The Kier molecular flexibility index (Phi) is 2.79. The van der Waals surface area contributed by atoms with Crippen LogP contribution in [0.15, 0.2) is 28.9 Å². The fraction of sp³-hybridized carbons (Fsp3) is 0.154. The molecule has 2 nitrogen and oxygen atoms in total. The Hall–Kier alpha value is -1.97. The number of rotatable bonds is 2. The van der Waals surface area contributed by atoms with Crippen LogP contribution in [0.4, 0.5) is 8.78 Å². The zero-order valence-electron chi connectivity index (χ0n) is 9.38. The first-order chi connectivity index (χ1) is 8.00. The number of ketones is 1. The van der Waals surface area contributed by atoms with E-state index in [0.717, 1.165) is 12.1 Å². The third-order valence-corrected chi connectivity index (χ3v) is 2.56. The summed E-state index contributed by atoms with van der Waals surface area (Å²) in [6, 6.07) is 3.49. The van der Waals surface area contributed by atoms with Gasteiger partial charge in [-0.25, -0.2) is 8.78 Å². The second kappa shape index (κ2) is 4.13. The van der Waals surface area contributed by atoms with Gasteiger partial charge in [-0.1, -0.05) is 0 Å². The summed E-state index contributed by atoms with van der Waals surface area (Å²) in [5, 5.41) is 0. The first-order valence-corrected chi connectivity index (χ1v) is 5.05. The highest BCUT2D eigenvalue weighted by Gasteiger charge is 2.20. The van der Waals surface area contributed by atoms with Crippen LogP contribution in [0.3, 0.4) is 0 Å². The quantitative estimate of drug-likeness (QED) is 0.748. The van der Waals surface area contributed by atoms with E-state index in [1.54, 1.807) is 13.0 Å². The minimum absolute atomic E-state index is 0.0344. The maximum atomic E-state index is 13.6. The second-order valence-corrected chi connectivity index (χ2v) is 3.84. The van der Waals surface area contributed by atoms with Gasteiger partial charge in [-0.2, -0.15) is 0 Å². The highest BCUT2D eigenvalue weighted by atomic mass is 19.1. The van der Waals surface area contributed by atoms with E-state index in [-0.39, 0.29) is 16.9 Å². The molecular weight excluding hydrogens is 226 g/mol. The maximum absolute atomic E-state index is 13.6. The summed E-state index contributed by atoms with van der Waals surface area (Å²) in [5.74, 6) is -1.97. The Morgan fingerprint density at radius 1 is 1.12 bits per heavy atom. The monoisotopic (exact) mass is 236 g/mol. The fourth-order valence-electron chi connectivity index (χ4n) is 1.55. The van der Waals surface area contributed by atoms with Crippen molar-refractivity contribution in [1.82, 2.24) is 0 Å². The van der Waals surface area contributed by atoms with Gasteiger partial charge in [0.25, 0.3) is 0 Å². The van der Waals surface area contributed by atoms with E-state index in [1.165, 1.54) is 13.2 Å². The molecule has 1 aromatic heterocycles. The molecule has 1 aromatic carbocycles. The van der Waals surface area contributed by atoms with E-state index < -0.39 is 17.4 Å². The molecule has 2 aromatic rings. The predicted octanol–water partition coefficient (Wildman–Crippen LogP) is 3.41. The number of aryl methyl sites for hydroxylation is 2. The van der Waals surface area contributed by atoms with Crippen molar-refractivity contribution in [3.05, 3.63) is 58.5 Å². The lowest BCUT2D eigenvalue weighted by atomic mass is 10.0. The van der Waals surface area contributed by atoms with Gasteiger partial charge in [0, 0.05) is 0 Å². The molecule has 0 fully saturated rings. The molecule has 2 rings (SSSR count). The highest BCUT2D eigenvalue weighted by molar-refractivity contribution is 6.08. The molecule has 0 bridgehead atoms. The van der Waals surface area contributed by atoms with E-state index in [2.05, 4.69) is 0 Å². The first kappa shape index (κ1) is 11.5. The van der Waals surface area contributed by atoms with Crippen LogP contribution in [0, 0.1) is 25.5 Å². The van der Waals surface area contributed by atoms with Crippen molar-refractivity contribution >= 4 is 5.78 Å². The summed E-state index contributed by atoms with van der Waals surface area (Å²) < 4.78 is 31.9. The third-order valence-electron chi connectivity index (χ3n) is 2.56. The zero-order chi connectivity index (χ0) is 12.6. The predicted molar refractivity (Wildman–Crippen MR) is 58.0 cm³/mol. The van der Waals surface area contributed by atoms with Gasteiger partial charge in [0.05, 0.1) is 11.8 Å². The number of furan rings is 1. The van der Waals surface area contributed by atoms with Crippen molar-refractivity contribution in [2.24, 2.45) is 0 Å². The molecule has 0 saturated carbocycles. The standard InChI is InChI=1S/C13H10F2O2/c1-7-3-4-17-13(7)12(16)9-6-10(14)8(2)5-11(9)15/h3-6H,1-2H3. The molecule has 88 valence electrons. The molecule has 1 heterocycles. The number of benzene rings is 1. The van der Waals surface area contributed by atoms with Gasteiger partial charge in [-0.3, -0.25) is 4.79 Å². The van der Waals surface area contributed by atoms with E-state index in [9.17, 15) is 13.6 Å². The smallest absolute Gasteiger partial charge is 0.231 e. The molecule has 0 saturated heterocycles. The Balaban J connectivity index is 2.52. The van der Waals surface area contributed by atoms with Crippen molar-refractivity contribution in [1.29, 1.82) is 0 Å². The number of hydrogen-bond acceptors (Lipinski definition) is 2. The lowest BCUT2D eigenvalue weighted by Crippen LogP contribution is -2.06. The van der Waals surface area contributed by atoms with E-state index in [1.807, 2.05) is 0 Å². The number of carbonyl (C=O) groups excluding carboxylic acids is 1. The molecule has 0 radical (unpaired) electrons. The number of carbonyl (C=O) groups is 1. The van der Waals surface area contributed by atoms with Crippen LogP contribution in [-0.4, -0.2) is 5.78 Å². The van der Waals surface area contributed by atoms with Gasteiger partial charge in [0.2, 0.25) is 5.78 Å². The minimum atomic E-state index is -0.746. The van der Waals surface area contributed by atoms with E-state index in [0.29, 0.717) is 5.56 Å². The van der Waals surface area contributed by atoms with Crippen molar-refractivity contribution in [2.45, 2.75) is 13.8 Å². The summed E-state index contributed by atoms with van der Waals surface area (Å²) in [5.41, 5.74) is 0.441. The Labute approximate surface area is 96.9 Å². The number of hydrogen-bond donors (Lipinski definition) is 0. The van der Waals surface area contributed by atoms with Crippen LogP contribution in [0.1, 0.15) is 27.2 Å². The zero-order valence-corrected chi connectivity index (χ0v) is 9.38. The second-order valence-electron chi connectivity index (χ2n) is 3.84. The van der Waals surface area contributed by atoms with Gasteiger partial charge >= 0.3 is 0 Å². The van der Waals surface area contributed by atoms with Crippen molar-refractivity contribution in [3.63, 3.8) is 0 Å². The summed E-state index contributed by atoms with van der Waals surface area (Å²) in [4.78, 5) is 11.9. The first-order valence-electron chi connectivity index (χ1n) is 5.05. The fourth-order valence-corrected chi connectivity index (χ4v) is 1.55. The van der Waals surface area contributed by atoms with Gasteiger partial charge in [0.15, 0.2) is 5.76 Å². The largest absolute Gasteiger partial charge is 0.461 e. The summed E-state index contributed by atoms with van der Waals surface area (Å²) >= 11 is 0. The molecule has 17 heavy (non-hydrogen) atoms. The van der Waals surface area contributed by atoms with Crippen molar-refractivity contribution in [2.75, 3.05) is 0 Å². The average Bonchev–Trinajstić information content (AvgIpc) is 2.69. The molecule has 0 unspecified atom stereocenters. The molecule has 0 aliphatic heterocycles. The normalized spacial score (nSPS) is 10.6. The van der Waals surface area contributed by atoms with Gasteiger partial charge < -0.3 is 4.42 Å². The van der Waals surface area contributed by atoms with Gasteiger partial charge in [-0.15, -0.1) is 0 Å². The van der Waals surface area contributed by atoms with E-state index >= 15 is 0 Å². The molecule has 0 amide bonds. The SMILES string of the molecule is Cc1cc(F)c(C(=O)c2occc2C)cc1F. The molecule has 4 heteroatoms.